The molecule has 0 saturated carbocycles. The quantitative estimate of drug-likeness (QED) is 0.838. The molecule has 3 nitrogen and oxygen atoms in total. The van der Waals surface area contributed by atoms with E-state index in [1.54, 1.807) is 0 Å². The zero-order valence-electron chi connectivity index (χ0n) is 10.6. The summed E-state index contributed by atoms with van der Waals surface area (Å²) in [7, 11) is 0. The number of aliphatic hydroxyl groups is 1. The second kappa shape index (κ2) is 5.63. The van der Waals surface area contributed by atoms with E-state index in [0.29, 0.717) is 13.0 Å². The summed E-state index contributed by atoms with van der Waals surface area (Å²) in [6.07, 6.45) is 0.302. The van der Waals surface area contributed by atoms with Crippen molar-refractivity contribution in [2.75, 3.05) is 19.8 Å². The van der Waals surface area contributed by atoms with E-state index < -0.39 is 6.10 Å². The van der Waals surface area contributed by atoms with Gasteiger partial charge in [0.15, 0.2) is 0 Å². The number of aryl methyl sites for hydroxylation is 2. The number of aliphatic hydroxyl groups excluding tert-OH is 1. The second-order valence-electron chi connectivity index (χ2n) is 4.82. The molecule has 1 aromatic rings. The monoisotopic (exact) mass is 235 g/mol. The molecule has 2 unspecified atom stereocenters. The molecule has 0 aliphatic carbocycles. The van der Waals surface area contributed by atoms with E-state index in [9.17, 15) is 5.11 Å². The van der Waals surface area contributed by atoms with Crippen molar-refractivity contribution in [1.29, 1.82) is 0 Å². The summed E-state index contributed by atoms with van der Waals surface area (Å²) in [4.78, 5) is 0. The Kier molecular flexibility index (Phi) is 4.15. The van der Waals surface area contributed by atoms with Gasteiger partial charge in [0.2, 0.25) is 0 Å². The molecule has 0 aromatic heterocycles. The minimum Gasteiger partial charge on any atom is -0.388 e. The smallest absolute Gasteiger partial charge is 0.0805 e. The van der Waals surface area contributed by atoms with Crippen molar-refractivity contribution < 1.29 is 9.84 Å². The van der Waals surface area contributed by atoms with Crippen molar-refractivity contribution in [3.63, 3.8) is 0 Å². The van der Waals surface area contributed by atoms with Crippen LogP contribution in [0.1, 0.15) is 29.2 Å². The van der Waals surface area contributed by atoms with Crippen LogP contribution in [0.15, 0.2) is 18.2 Å². The summed E-state index contributed by atoms with van der Waals surface area (Å²) in [6.45, 7) is 6.51. The van der Waals surface area contributed by atoms with Gasteiger partial charge in [-0.05, 0) is 37.0 Å². The van der Waals surface area contributed by atoms with Crippen LogP contribution in [0.4, 0.5) is 0 Å². The predicted octanol–water partition coefficient (Wildman–Crippen LogP) is 1.72. The maximum Gasteiger partial charge on any atom is 0.0805 e. The van der Waals surface area contributed by atoms with Gasteiger partial charge >= 0.3 is 0 Å². The van der Waals surface area contributed by atoms with E-state index in [2.05, 4.69) is 31.3 Å². The van der Waals surface area contributed by atoms with E-state index in [-0.39, 0.29) is 6.04 Å². The van der Waals surface area contributed by atoms with Crippen molar-refractivity contribution in [3.8, 4) is 0 Å². The van der Waals surface area contributed by atoms with Crippen molar-refractivity contribution in [1.82, 2.24) is 5.32 Å². The molecule has 1 saturated heterocycles. The highest BCUT2D eigenvalue weighted by Gasteiger charge is 2.18. The summed E-state index contributed by atoms with van der Waals surface area (Å²) in [5.41, 5.74) is 3.50. The molecule has 94 valence electrons. The third kappa shape index (κ3) is 3.28. The summed E-state index contributed by atoms with van der Waals surface area (Å²) in [5.74, 6) is 0. The van der Waals surface area contributed by atoms with Gasteiger partial charge in [-0.3, -0.25) is 0 Å². The Morgan fingerprint density at radius 1 is 1.41 bits per heavy atom. The first-order valence-electron chi connectivity index (χ1n) is 6.23. The van der Waals surface area contributed by atoms with Crippen molar-refractivity contribution in [2.45, 2.75) is 32.4 Å². The molecule has 17 heavy (non-hydrogen) atoms. The van der Waals surface area contributed by atoms with Crippen molar-refractivity contribution >= 4 is 0 Å². The lowest BCUT2D eigenvalue weighted by Gasteiger charge is -2.26. The zero-order valence-corrected chi connectivity index (χ0v) is 10.6. The molecule has 0 radical (unpaired) electrons. The minimum absolute atomic E-state index is 0.264. The van der Waals surface area contributed by atoms with Crippen molar-refractivity contribution in [3.05, 3.63) is 34.9 Å². The standard InChI is InChI=1S/C14H21NO2/c1-10-3-4-12(7-11(10)2)14(16)8-13-9-17-6-5-15-13/h3-4,7,13-16H,5-6,8-9H2,1-2H3. The lowest BCUT2D eigenvalue weighted by atomic mass is 9.98. The van der Waals surface area contributed by atoms with Crippen LogP contribution in [0, 0.1) is 13.8 Å². The molecule has 2 atom stereocenters. The number of ether oxygens (including phenoxy) is 1. The molecular formula is C14H21NO2. The molecule has 0 amide bonds. The summed E-state index contributed by atoms with van der Waals surface area (Å²) < 4.78 is 5.39. The van der Waals surface area contributed by atoms with Gasteiger partial charge in [-0.15, -0.1) is 0 Å². The van der Waals surface area contributed by atoms with Gasteiger partial charge in [0, 0.05) is 12.6 Å². The molecule has 1 aromatic carbocycles. The van der Waals surface area contributed by atoms with Gasteiger partial charge < -0.3 is 15.2 Å². The van der Waals surface area contributed by atoms with E-state index in [1.807, 2.05) is 6.07 Å². The van der Waals surface area contributed by atoms with Gasteiger partial charge in [-0.2, -0.15) is 0 Å². The maximum atomic E-state index is 10.2. The Morgan fingerprint density at radius 2 is 2.24 bits per heavy atom. The van der Waals surface area contributed by atoms with Crippen LogP contribution < -0.4 is 5.32 Å². The Bertz CT molecular complexity index is 372. The van der Waals surface area contributed by atoms with E-state index in [0.717, 1.165) is 18.7 Å². The van der Waals surface area contributed by atoms with E-state index in [4.69, 9.17) is 4.74 Å². The molecule has 0 spiro atoms. The molecular weight excluding hydrogens is 214 g/mol. The number of morpholine rings is 1. The molecule has 2 rings (SSSR count). The first-order chi connectivity index (χ1) is 8.16. The summed E-state index contributed by atoms with van der Waals surface area (Å²) in [5, 5.41) is 13.6. The first-order valence-corrected chi connectivity index (χ1v) is 6.23. The molecule has 1 aliphatic rings. The van der Waals surface area contributed by atoms with Gasteiger partial charge in [-0.25, -0.2) is 0 Å². The second-order valence-corrected chi connectivity index (χ2v) is 4.82. The van der Waals surface area contributed by atoms with Crippen LogP contribution >= 0.6 is 0 Å². The van der Waals surface area contributed by atoms with Crippen LogP contribution in [-0.4, -0.2) is 30.9 Å². The van der Waals surface area contributed by atoms with Crippen LogP contribution in [0.5, 0.6) is 0 Å². The molecule has 1 heterocycles. The maximum absolute atomic E-state index is 10.2. The fourth-order valence-corrected chi connectivity index (χ4v) is 2.15. The molecule has 0 bridgehead atoms. The number of hydrogen-bond acceptors (Lipinski definition) is 3. The SMILES string of the molecule is Cc1ccc(C(O)CC2COCCN2)cc1C. The molecule has 1 fully saturated rings. The molecule has 3 heteroatoms. The van der Waals surface area contributed by atoms with Gasteiger partial charge in [-0.1, -0.05) is 18.2 Å². The van der Waals surface area contributed by atoms with Crippen molar-refractivity contribution in [2.24, 2.45) is 0 Å². The molecule has 2 N–H and O–H groups in total. The van der Waals surface area contributed by atoms with Gasteiger partial charge in [0.05, 0.1) is 19.3 Å². The largest absolute Gasteiger partial charge is 0.388 e. The average molecular weight is 235 g/mol. The zero-order chi connectivity index (χ0) is 12.3. The van der Waals surface area contributed by atoms with Crippen LogP contribution in [0.25, 0.3) is 0 Å². The fraction of sp³-hybridized carbons (Fsp3) is 0.571. The van der Waals surface area contributed by atoms with E-state index >= 15 is 0 Å². The van der Waals surface area contributed by atoms with E-state index in [1.165, 1.54) is 11.1 Å². The van der Waals surface area contributed by atoms with Gasteiger partial charge in [0.1, 0.15) is 0 Å². The Morgan fingerprint density at radius 3 is 2.88 bits per heavy atom. The topological polar surface area (TPSA) is 41.5 Å². The fourth-order valence-electron chi connectivity index (χ4n) is 2.15. The number of hydrogen-bond donors (Lipinski definition) is 2. The number of benzene rings is 1. The predicted molar refractivity (Wildman–Crippen MR) is 68.1 cm³/mol. The summed E-state index contributed by atoms with van der Waals surface area (Å²) >= 11 is 0. The average Bonchev–Trinajstić information content (AvgIpc) is 2.34. The lowest BCUT2D eigenvalue weighted by molar-refractivity contribution is 0.0519. The minimum atomic E-state index is -0.409. The van der Waals surface area contributed by atoms with Crippen LogP contribution in [0.2, 0.25) is 0 Å². The lowest BCUT2D eigenvalue weighted by Crippen LogP contribution is -2.42. The Labute approximate surface area is 103 Å². The highest BCUT2D eigenvalue weighted by molar-refractivity contribution is 5.31. The Balaban J connectivity index is 1.98. The summed E-state index contributed by atoms with van der Waals surface area (Å²) in [6, 6.07) is 6.42. The normalized spacial score (nSPS) is 22.4. The highest BCUT2D eigenvalue weighted by Crippen LogP contribution is 2.21. The van der Waals surface area contributed by atoms with Crippen LogP contribution in [0.3, 0.4) is 0 Å². The first kappa shape index (κ1) is 12.6. The number of nitrogens with one attached hydrogen (secondary N) is 1. The van der Waals surface area contributed by atoms with Gasteiger partial charge in [0.25, 0.3) is 0 Å². The third-order valence-corrected chi connectivity index (χ3v) is 3.42. The Hall–Kier alpha value is -0.900. The van der Waals surface area contributed by atoms with Crippen LogP contribution in [-0.2, 0) is 4.74 Å². The molecule has 1 aliphatic heterocycles. The number of rotatable bonds is 3. The highest BCUT2D eigenvalue weighted by atomic mass is 16.5. The third-order valence-electron chi connectivity index (χ3n) is 3.42.